The number of amides is 1. The van der Waals surface area contributed by atoms with Gasteiger partial charge in [-0.1, -0.05) is 30.3 Å². The average molecular weight is 263 g/mol. The van der Waals surface area contributed by atoms with Crippen molar-refractivity contribution >= 4 is 11.9 Å². The SMILES string of the molecule is CN(CC(=O)Cc1ccccc1)C(=O)OC(C)(C)C. The van der Waals surface area contributed by atoms with Gasteiger partial charge in [-0.3, -0.25) is 4.79 Å². The lowest BCUT2D eigenvalue weighted by atomic mass is 10.1. The molecule has 0 N–H and O–H groups in total. The third kappa shape index (κ3) is 6.04. The van der Waals surface area contributed by atoms with Gasteiger partial charge in [0.05, 0.1) is 6.54 Å². The molecule has 0 heterocycles. The molecular formula is C15H21NO3. The van der Waals surface area contributed by atoms with Gasteiger partial charge in [-0.05, 0) is 26.3 Å². The molecule has 0 aromatic heterocycles. The number of hydrogen-bond donors (Lipinski definition) is 0. The summed E-state index contributed by atoms with van der Waals surface area (Å²) in [5.41, 5.74) is 0.401. The molecule has 1 aromatic carbocycles. The first-order valence-electron chi connectivity index (χ1n) is 6.27. The number of ketones is 1. The highest BCUT2D eigenvalue weighted by Crippen LogP contribution is 2.09. The Morgan fingerprint density at radius 1 is 1.16 bits per heavy atom. The highest BCUT2D eigenvalue weighted by atomic mass is 16.6. The summed E-state index contributed by atoms with van der Waals surface area (Å²) in [6.45, 7) is 5.45. The Bertz CT molecular complexity index is 434. The molecule has 0 unspecified atom stereocenters. The molecule has 0 saturated heterocycles. The van der Waals surface area contributed by atoms with Crippen molar-refractivity contribution in [2.75, 3.05) is 13.6 Å². The van der Waals surface area contributed by atoms with Crippen molar-refractivity contribution in [3.05, 3.63) is 35.9 Å². The van der Waals surface area contributed by atoms with Gasteiger partial charge in [0, 0.05) is 13.5 Å². The van der Waals surface area contributed by atoms with Gasteiger partial charge in [-0.15, -0.1) is 0 Å². The van der Waals surface area contributed by atoms with Crippen LogP contribution < -0.4 is 0 Å². The zero-order valence-corrected chi connectivity index (χ0v) is 12.0. The number of hydrogen-bond acceptors (Lipinski definition) is 3. The Morgan fingerprint density at radius 3 is 2.26 bits per heavy atom. The lowest BCUT2D eigenvalue weighted by Gasteiger charge is -2.24. The maximum atomic E-state index is 11.8. The minimum absolute atomic E-state index is 0.0143. The Kier molecular flexibility index (Phi) is 5.10. The molecule has 4 nitrogen and oxygen atoms in total. The van der Waals surface area contributed by atoms with Crippen molar-refractivity contribution in [1.29, 1.82) is 0 Å². The van der Waals surface area contributed by atoms with Gasteiger partial charge in [0.25, 0.3) is 0 Å². The van der Waals surface area contributed by atoms with Crippen molar-refractivity contribution in [3.8, 4) is 0 Å². The van der Waals surface area contributed by atoms with E-state index in [4.69, 9.17) is 4.74 Å². The molecule has 104 valence electrons. The average Bonchev–Trinajstić information content (AvgIpc) is 2.27. The summed E-state index contributed by atoms with van der Waals surface area (Å²) in [6.07, 6.45) is -0.151. The quantitative estimate of drug-likeness (QED) is 0.839. The molecule has 0 spiro atoms. The second-order valence-electron chi connectivity index (χ2n) is 5.54. The molecule has 0 fully saturated rings. The van der Waals surface area contributed by atoms with Gasteiger partial charge < -0.3 is 9.64 Å². The van der Waals surface area contributed by atoms with E-state index in [0.717, 1.165) is 5.56 Å². The van der Waals surface area contributed by atoms with Gasteiger partial charge in [0.1, 0.15) is 5.60 Å². The number of rotatable bonds is 4. The normalized spacial score (nSPS) is 10.9. The molecule has 0 bridgehead atoms. The molecule has 1 amide bonds. The van der Waals surface area contributed by atoms with Gasteiger partial charge in [-0.2, -0.15) is 0 Å². The molecule has 1 rings (SSSR count). The van der Waals surface area contributed by atoms with Crippen LogP contribution in [0.1, 0.15) is 26.3 Å². The summed E-state index contributed by atoms with van der Waals surface area (Å²) in [5.74, 6) is -0.0143. The monoisotopic (exact) mass is 263 g/mol. The number of benzene rings is 1. The third-order valence-electron chi connectivity index (χ3n) is 2.36. The fourth-order valence-electron chi connectivity index (χ4n) is 1.55. The summed E-state index contributed by atoms with van der Waals surface area (Å²) >= 11 is 0. The van der Waals surface area contributed by atoms with E-state index >= 15 is 0 Å². The lowest BCUT2D eigenvalue weighted by Crippen LogP contribution is -2.37. The number of ether oxygens (including phenoxy) is 1. The summed E-state index contributed by atoms with van der Waals surface area (Å²) in [5, 5.41) is 0. The summed E-state index contributed by atoms with van der Waals surface area (Å²) < 4.78 is 5.19. The van der Waals surface area contributed by atoms with E-state index in [-0.39, 0.29) is 12.3 Å². The van der Waals surface area contributed by atoms with Crippen molar-refractivity contribution in [2.45, 2.75) is 32.8 Å². The van der Waals surface area contributed by atoms with Crippen LogP contribution in [0, 0.1) is 0 Å². The molecule has 4 heteroatoms. The number of nitrogens with zero attached hydrogens (tertiary/aromatic N) is 1. The zero-order chi connectivity index (χ0) is 14.5. The fourth-order valence-corrected chi connectivity index (χ4v) is 1.55. The first kappa shape index (κ1) is 15.2. The fraction of sp³-hybridized carbons (Fsp3) is 0.467. The van der Waals surface area contributed by atoms with Crippen LogP contribution in [0.2, 0.25) is 0 Å². The second kappa shape index (κ2) is 6.36. The van der Waals surface area contributed by atoms with Crippen LogP contribution in [0.3, 0.4) is 0 Å². The van der Waals surface area contributed by atoms with Crippen LogP contribution in [0.4, 0.5) is 4.79 Å². The van der Waals surface area contributed by atoms with Gasteiger partial charge in [-0.25, -0.2) is 4.79 Å². The Balaban J connectivity index is 2.46. The molecule has 1 aromatic rings. The van der Waals surface area contributed by atoms with Crippen LogP contribution >= 0.6 is 0 Å². The van der Waals surface area contributed by atoms with E-state index in [2.05, 4.69) is 0 Å². The molecule has 0 atom stereocenters. The van der Waals surface area contributed by atoms with Crippen LogP contribution in [-0.2, 0) is 16.0 Å². The molecule has 0 saturated carbocycles. The van der Waals surface area contributed by atoms with Gasteiger partial charge in [0.15, 0.2) is 5.78 Å². The lowest BCUT2D eigenvalue weighted by molar-refractivity contribution is -0.119. The van der Waals surface area contributed by atoms with E-state index in [0.29, 0.717) is 6.42 Å². The van der Waals surface area contributed by atoms with Crippen LogP contribution in [0.25, 0.3) is 0 Å². The highest BCUT2D eigenvalue weighted by Gasteiger charge is 2.20. The molecule has 0 aliphatic rings. The first-order chi connectivity index (χ1) is 8.78. The smallest absolute Gasteiger partial charge is 0.410 e. The second-order valence-corrected chi connectivity index (χ2v) is 5.54. The van der Waals surface area contributed by atoms with Gasteiger partial charge in [0.2, 0.25) is 0 Å². The molecule has 0 aliphatic carbocycles. The Morgan fingerprint density at radius 2 is 1.74 bits per heavy atom. The predicted molar refractivity (Wildman–Crippen MR) is 74.0 cm³/mol. The minimum atomic E-state index is -0.548. The van der Waals surface area contributed by atoms with E-state index in [1.165, 1.54) is 4.90 Å². The maximum Gasteiger partial charge on any atom is 0.410 e. The largest absolute Gasteiger partial charge is 0.444 e. The van der Waals surface area contributed by atoms with E-state index < -0.39 is 11.7 Å². The van der Waals surface area contributed by atoms with E-state index in [1.807, 2.05) is 30.3 Å². The standard InChI is InChI=1S/C15H21NO3/c1-15(2,3)19-14(18)16(4)11-13(17)10-12-8-6-5-7-9-12/h5-9H,10-11H2,1-4H3. The van der Waals surface area contributed by atoms with Gasteiger partial charge >= 0.3 is 6.09 Å². The topological polar surface area (TPSA) is 46.6 Å². The van der Waals surface area contributed by atoms with Crippen LogP contribution in [0.5, 0.6) is 0 Å². The van der Waals surface area contributed by atoms with E-state index in [1.54, 1.807) is 27.8 Å². The molecule has 0 radical (unpaired) electrons. The Labute approximate surface area is 114 Å². The molecule has 19 heavy (non-hydrogen) atoms. The first-order valence-corrected chi connectivity index (χ1v) is 6.27. The van der Waals surface area contributed by atoms with Crippen molar-refractivity contribution in [2.24, 2.45) is 0 Å². The zero-order valence-electron chi connectivity index (χ0n) is 12.0. The van der Waals surface area contributed by atoms with Crippen molar-refractivity contribution in [3.63, 3.8) is 0 Å². The van der Waals surface area contributed by atoms with Crippen LogP contribution in [0.15, 0.2) is 30.3 Å². The molecule has 0 aliphatic heterocycles. The number of likely N-dealkylation sites (N-methyl/N-ethyl adjacent to an activating group) is 1. The summed E-state index contributed by atoms with van der Waals surface area (Å²) in [6, 6.07) is 9.47. The Hall–Kier alpha value is -1.84. The number of carbonyl (C=O) groups is 2. The minimum Gasteiger partial charge on any atom is -0.444 e. The van der Waals surface area contributed by atoms with E-state index in [9.17, 15) is 9.59 Å². The molecular weight excluding hydrogens is 242 g/mol. The maximum absolute atomic E-state index is 11.8. The van der Waals surface area contributed by atoms with Crippen LogP contribution in [-0.4, -0.2) is 36.0 Å². The number of Topliss-reactive ketones (excluding diaryl/α,β-unsaturated/α-hetero) is 1. The predicted octanol–water partition coefficient (Wildman–Crippen LogP) is 2.67. The van der Waals surface area contributed by atoms with Crippen molar-refractivity contribution in [1.82, 2.24) is 4.90 Å². The van der Waals surface area contributed by atoms with Crippen molar-refractivity contribution < 1.29 is 14.3 Å². The number of carbonyl (C=O) groups excluding carboxylic acids is 2. The third-order valence-corrected chi connectivity index (χ3v) is 2.36. The summed E-state index contributed by atoms with van der Waals surface area (Å²) in [7, 11) is 1.57. The summed E-state index contributed by atoms with van der Waals surface area (Å²) in [4.78, 5) is 24.8. The highest BCUT2D eigenvalue weighted by molar-refractivity contribution is 5.85.